The summed E-state index contributed by atoms with van der Waals surface area (Å²) in [5, 5.41) is 2.94. The van der Waals surface area contributed by atoms with E-state index >= 15 is 0 Å². The Hall–Kier alpha value is -1.11. The van der Waals surface area contributed by atoms with E-state index in [9.17, 15) is 22.4 Å². The van der Waals surface area contributed by atoms with Crippen LogP contribution in [0.15, 0.2) is 18.2 Å². The molecule has 112 valence electrons. The average molecular weight is 356 g/mol. The van der Waals surface area contributed by atoms with Gasteiger partial charge in [-0.3, -0.25) is 4.79 Å². The number of hydrogen-bond donors (Lipinski definition) is 1. The Morgan fingerprint density at radius 3 is 2.40 bits per heavy atom. The van der Waals surface area contributed by atoms with E-state index in [1.165, 1.54) is 0 Å². The molecule has 0 fully saturated rings. The second-order valence-corrected chi connectivity index (χ2v) is 5.32. The highest BCUT2D eigenvalue weighted by Crippen LogP contribution is 2.30. The molecule has 0 aromatic heterocycles. The highest BCUT2D eigenvalue weighted by atomic mass is 79.9. The summed E-state index contributed by atoms with van der Waals surface area (Å²) < 4.78 is 51.2. The minimum absolute atomic E-state index is 0.0622. The normalized spacial score (nSPS) is 13.4. The van der Waals surface area contributed by atoms with Crippen molar-refractivity contribution in [1.29, 1.82) is 0 Å². The second-order valence-electron chi connectivity index (χ2n) is 4.67. The van der Waals surface area contributed by atoms with Crippen molar-refractivity contribution < 1.29 is 22.4 Å². The molecular formula is C13H14BrF4NO. The molecule has 1 N–H and O–H groups in total. The summed E-state index contributed by atoms with van der Waals surface area (Å²) in [5.41, 5.74) is -1.66. The van der Waals surface area contributed by atoms with Crippen LogP contribution in [-0.4, -0.2) is 17.3 Å². The van der Waals surface area contributed by atoms with Gasteiger partial charge in [-0.1, -0.05) is 29.8 Å². The molecule has 0 radical (unpaired) electrons. The number of rotatable bonds is 4. The number of nitrogens with one attached hydrogen (secondary N) is 1. The van der Waals surface area contributed by atoms with Crippen molar-refractivity contribution in [3.63, 3.8) is 0 Å². The fourth-order valence-corrected chi connectivity index (χ4v) is 2.41. The fraction of sp³-hybridized carbons (Fsp3) is 0.462. The molecule has 7 heteroatoms. The van der Waals surface area contributed by atoms with E-state index in [4.69, 9.17) is 0 Å². The topological polar surface area (TPSA) is 29.1 Å². The SMILES string of the molecule is CC(C)C(CBr)NC(=O)c1cc(C(F)(F)F)ccc1F. The monoisotopic (exact) mass is 355 g/mol. The first-order valence-corrected chi connectivity index (χ1v) is 7.02. The maximum absolute atomic E-state index is 13.5. The highest BCUT2D eigenvalue weighted by molar-refractivity contribution is 9.09. The van der Waals surface area contributed by atoms with Gasteiger partial charge in [0, 0.05) is 11.4 Å². The Kier molecular flexibility index (Phi) is 5.56. The maximum atomic E-state index is 13.5. The fourth-order valence-electron chi connectivity index (χ4n) is 1.51. The van der Waals surface area contributed by atoms with Crippen molar-refractivity contribution in [2.24, 2.45) is 5.92 Å². The van der Waals surface area contributed by atoms with Crippen LogP contribution in [0, 0.1) is 11.7 Å². The summed E-state index contributed by atoms with van der Waals surface area (Å²) in [4.78, 5) is 11.9. The number of alkyl halides is 4. The van der Waals surface area contributed by atoms with E-state index in [-0.39, 0.29) is 12.0 Å². The summed E-state index contributed by atoms with van der Waals surface area (Å²) in [6, 6.07) is 1.49. The molecule has 0 spiro atoms. The van der Waals surface area contributed by atoms with Gasteiger partial charge >= 0.3 is 6.18 Å². The predicted molar refractivity (Wildman–Crippen MR) is 71.3 cm³/mol. The zero-order valence-electron chi connectivity index (χ0n) is 10.9. The third-order valence-corrected chi connectivity index (χ3v) is 3.52. The smallest absolute Gasteiger partial charge is 0.348 e. The van der Waals surface area contributed by atoms with Gasteiger partial charge < -0.3 is 5.32 Å². The maximum Gasteiger partial charge on any atom is 0.416 e. The lowest BCUT2D eigenvalue weighted by Crippen LogP contribution is -2.40. The van der Waals surface area contributed by atoms with Gasteiger partial charge in [-0.25, -0.2) is 4.39 Å². The van der Waals surface area contributed by atoms with Gasteiger partial charge in [0.1, 0.15) is 5.82 Å². The van der Waals surface area contributed by atoms with Gasteiger partial charge in [0.05, 0.1) is 11.1 Å². The van der Waals surface area contributed by atoms with E-state index in [0.29, 0.717) is 23.5 Å². The van der Waals surface area contributed by atoms with Crippen molar-refractivity contribution in [2.45, 2.75) is 26.1 Å². The minimum Gasteiger partial charge on any atom is -0.348 e. The molecule has 0 aliphatic carbocycles. The lowest BCUT2D eigenvalue weighted by molar-refractivity contribution is -0.137. The Labute approximate surface area is 122 Å². The summed E-state index contributed by atoms with van der Waals surface area (Å²) >= 11 is 3.19. The lowest BCUT2D eigenvalue weighted by Gasteiger charge is -2.20. The first-order chi connectivity index (χ1) is 9.16. The largest absolute Gasteiger partial charge is 0.416 e. The summed E-state index contributed by atoms with van der Waals surface area (Å²) in [7, 11) is 0. The summed E-state index contributed by atoms with van der Waals surface area (Å²) in [6.45, 7) is 3.68. The Bertz CT molecular complexity index is 488. The molecule has 1 aromatic rings. The van der Waals surface area contributed by atoms with Crippen LogP contribution in [0.4, 0.5) is 17.6 Å². The molecule has 1 amide bonds. The first kappa shape index (κ1) is 16.9. The Morgan fingerprint density at radius 2 is 1.95 bits per heavy atom. The van der Waals surface area contributed by atoms with Gasteiger partial charge in [0.2, 0.25) is 0 Å². The van der Waals surface area contributed by atoms with Crippen LogP contribution in [-0.2, 0) is 6.18 Å². The standard InChI is InChI=1S/C13H14BrF4NO/c1-7(2)11(6-14)19-12(20)9-5-8(13(16,17)18)3-4-10(9)15/h3-5,7,11H,6H2,1-2H3,(H,19,20). The molecule has 1 atom stereocenters. The van der Waals surface area contributed by atoms with Gasteiger partial charge in [-0.2, -0.15) is 13.2 Å². The molecule has 1 unspecified atom stereocenters. The van der Waals surface area contributed by atoms with Gasteiger partial charge in [-0.15, -0.1) is 0 Å². The number of amides is 1. The van der Waals surface area contributed by atoms with Crippen molar-refractivity contribution in [2.75, 3.05) is 5.33 Å². The summed E-state index contributed by atoms with van der Waals surface area (Å²) in [6.07, 6.45) is -4.62. The van der Waals surface area contributed by atoms with Crippen LogP contribution < -0.4 is 5.32 Å². The van der Waals surface area contributed by atoms with Crippen LogP contribution in [0.2, 0.25) is 0 Å². The molecule has 0 aliphatic heterocycles. The van der Waals surface area contributed by atoms with Gasteiger partial charge in [0.25, 0.3) is 5.91 Å². The van der Waals surface area contributed by atoms with Crippen LogP contribution in [0.3, 0.4) is 0 Å². The predicted octanol–water partition coefficient (Wildman–Crippen LogP) is 3.99. The lowest BCUT2D eigenvalue weighted by atomic mass is 10.0. The quantitative estimate of drug-likeness (QED) is 0.642. The molecule has 1 rings (SSSR count). The number of carbonyl (C=O) groups is 1. The third-order valence-electron chi connectivity index (χ3n) is 2.83. The third kappa shape index (κ3) is 4.19. The van der Waals surface area contributed by atoms with Crippen LogP contribution in [0.5, 0.6) is 0 Å². The Balaban J connectivity index is 3.03. The molecule has 1 aromatic carbocycles. The minimum atomic E-state index is -4.62. The van der Waals surface area contributed by atoms with E-state index < -0.39 is 29.0 Å². The number of carbonyl (C=O) groups excluding carboxylic acids is 1. The molecule has 0 bridgehead atoms. The molecule has 2 nitrogen and oxygen atoms in total. The van der Waals surface area contributed by atoms with Gasteiger partial charge in [0.15, 0.2) is 0 Å². The highest BCUT2D eigenvalue weighted by Gasteiger charge is 2.32. The average Bonchev–Trinajstić information content (AvgIpc) is 2.34. The van der Waals surface area contributed by atoms with Crippen LogP contribution >= 0.6 is 15.9 Å². The molecule has 20 heavy (non-hydrogen) atoms. The van der Waals surface area contributed by atoms with E-state index in [2.05, 4.69) is 21.2 Å². The van der Waals surface area contributed by atoms with E-state index in [0.717, 1.165) is 0 Å². The second kappa shape index (κ2) is 6.56. The molecule has 0 saturated heterocycles. The van der Waals surface area contributed by atoms with E-state index in [1.807, 2.05) is 13.8 Å². The Morgan fingerprint density at radius 1 is 1.35 bits per heavy atom. The van der Waals surface area contributed by atoms with Crippen molar-refractivity contribution in [3.05, 3.63) is 35.1 Å². The molecule has 0 saturated carbocycles. The van der Waals surface area contributed by atoms with Crippen LogP contribution in [0.1, 0.15) is 29.8 Å². The zero-order chi connectivity index (χ0) is 15.5. The number of benzene rings is 1. The van der Waals surface area contributed by atoms with Crippen molar-refractivity contribution in [1.82, 2.24) is 5.32 Å². The van der Waals surface area contributed by atoms with E-state index in [1.54, 1.807) is 0 Å². The molecule has 0 aliphatic rings. The number of hydrogen-bond acceptors (Lipinski definition) is 1. The zero-order valence-corrected chi connectivity index (χ0v) is 12.5. The summed E-state index contributed by atoms with van der Waals surface area (Å²) in [5.74, 6) is -1.77. The molecule has 0 heterocycles. The van der Waals surface area contributed by atoms with Crippen molar-refractivity contribution in [3.8, 4) is 0 Å². The first-order valence-electron chi connectivity index (χ1n) is 5.90. The van der Waals surface area contributed by atoms with Gasteiger partial charge in [-0.05, 0) is 24.1 Å². The number of halogens is 5. The molecular weight excluding hydrogens is 342 g/mol. The van der Waals surface area contributed by atoms with Crippen molar-refractivity contribution >= 4 is 21.8 Å². The van der Waals surface area contributed by atoms with Crippen LogP contribution in [0.25, 0.3) is 0 Å².